The van der Waals surface area contributed by atoms with Crippen LogP contribution in [0.15, 0.2) is 24.3 Å². The van der Waals surface area contributed by atoms with Crippen LogP contribution in [0.2, 0.25) is 0 Å². The van der Waals surface area contributed by atoms with Crippen molar-refractivity contribution < 1.29 is 14.3 Å². The third kappa shape index (κ3) is 4.18. The van der Waals surface area contributed by atoms with Crippen molar-refractivity contribution >= 4 is 12.0 Å². The molecule has 6 nitrogen and oxygen atoms in total. The molecule has 26 heavy (non-hydrogen) atoms. The zero-order valence-corrected chi connectivity index (χ0v) is 15.8. The topological polar surface area (TPSA) is 84.7 Å². The van der Waals surface area contributed by atoms with E-state index in [0.717, 1.165) is 19.3 Å². The van der Waals surface area contributed by atoms with Crippen molar-refractivity contribution in [3.8, 4) is 0 Å². The third-order valence-electron chi connectivity index (χ3n) is 4.95. The van der Waals surface area contributed by atoms with Gasteiger partial charge in [-0.1, -0.05) is 24.3 Å². The van der Waals surface area contributed by atoms with Gasteiger partial charge >= 0.3 is 6.09 Å². The molecule has 1 heterocycles. The summed E-state index contributed by atoms with van der Waals surface area (Å²) in [6.07, 6.45) is 2.98. The lowest BCUT2D eigenvalue weighted by atomic mass is 9.87. The first-order valence-electron chi connectivity index (χ1n) is 9.38. The molecule has 2 amide bonds. The van der Waals surface area contributed by atoms with E-state index in [1.54, 1.807) is 0 Å². The molecule has 3 atom stereocenters. The Labute approximate surface area is 155 Å². The fraction of sp³-hybridized carbons (Fsp3) is 0.600. The van der Waals surface area contributed by atoms with Crippen LogP contribution in [-0.2, 0) is 16.0 Å². The Morgan fingerprint density at radius 2 is 2.00 bits per heavy atom. The van der Waals surface area contributed by atoms with E-state index in [1.807, 2.05) is 32.9 Å². The first-order chi connectivity index (χ1) is 12.2. The number of nitrogens with one attached hydrogen (secondary N) is 1. The van der Waals surface area contributed by atoms with Crippen LogP contribution in [0.25, 0.3) is 0 Å². The lowest BCUT2D eigenvalue weighted by molar-refractivity contribution is -0.126. The average Bonchev–Trinajstić information content (AvgIpc) is 2.96. The van der Waals surface area contributed by atoms with Crippen molar-refractivity contribution in [2.45, 2.75) is 70.2 Å². The number of carbonyl (C=O) groups is 2. The second kappa shape index (κ2) is 7.27. The monoisotopic (exact) mass is 359 g/mol. The summed E-state index contributed by atoms with van der Waals surface area (Å²) in [5.74, 6) is -0.148. The Hall–Kier alpha value is -2.08. The summed E-state index contributed by atoms with van der Waals surface area (Å²) >= 11 is 0. The van der Waals surface area contributed by atoms with Crippen LogP contribution in [0.3, 0.4) is 0 Å². The summed E-state index contributed by atoms with van der Waals surface area (Å²) in [7, 11) is 0. The van der Waals surface area contributed by atoms with Crippen LogP contribution in [0.5, 0.6) is 0 Å². The number of hydrogen-bond donors (Lipinski definition) is 2. The summed E-state index contributed by atoms with van der Waals surface area (Å²) in [5.41, 5.74) is 7.90. The number of aryl methyl sites for hydroxylation is 1. The normalized spacial score (nSPS) is 25.5. The first-order valence-corrected chi connectivity index (χ1v) is 9.38. The quantitative estimate of drug-likeness (QED) is 0.850. The summed E-state index contributed by atoms with van der Waals surface area (Å²) < 4.78 is 5.45. The van der Waals surface area contributed by atoms with E-state index in [9.17, 15) is 9.59 Å². The van der Waals surface area contributed by atoms with Crippen molar-refractivity contribution in [1.29, 1.82) is 0 Å². The smallest absolute Gasteiger partial charge is 0.411 e. The molecule has 0 bridgehead atoms. The molecule has 1 fully saturated rings. The average molecular weight is 359 g/mol. The van der Waals surface area contributed by atoms with Gasteiger partial charge in [-0.05, 0) is 57.6 Å². The zero-order valence-electron chi connectivity index (χ0n) is 15.8. The van der Waals surface area contributed by atoms with E-state index in [0.29, 0.717) is 13.0 Å². The number of nitrogens with two attached hydrogens (primary N) is 1. The Bertz CT molecular complexity index is 683. The van der Waals surface area contributed by atoms with Gasteiger partial charge < -0.3 is 15.8 Å². The summed E-state index contributed by atoms with van der Waals surface area (Å²) in [4.78, 5) is 26.9. The number of ether oxygens (including phenoxy) is 1. The van der Waals surface area contributed by atoms with Crippen molar-refractivity contribution in [3.63, 3.8) is 0 Å². The molecule has 0 aromatic heterocycles. The molecule has 1 aromatic rings. The predicted molar refractivity (Wildman–Crippen MR) is 99.6 cm³/mol. The van der Waals surface area contributed by atoms with Crippen LogP contribution >= 0.6 is 0 Å². The number of rotatable bonds is 2. The molecule has 142 valence electrons. The standard InChI is InChI=1S/C20H29N3O3/c1-20(2,3)26-19(25)23-12-14(21)11-17(23)18(24)22-16-10-6-8-13-7-4-5-9-15(13)16/h4-5,7,9,14,16-17H,6,8,10-12,21H2,1-3H3,(H,22,24). The van der Waals surface area contributed by atoms with Gasteiger partial charge in [0.25, 0.3) is 0 Å². The van der Waals surface area contributed by atoms with E-state index in [1.165, 1.54) is 16.0 Å². The van der Waals surface area contributed by atoms with Gasteiger partial charge in [0.15, 0.2) is 0 Å². The van der Waals surface area contributed by atoms with Crippen molar-refractivity contribution in [2.75, 3.05) is 6.54 Å². The highest BCUT2D eigenvalue weighted by atomic mass is 16.6. The lowest BCUT2D eigenvalue weighted by Gasteiger charge is -2.31. The molecule has 3 unspecified atom stereocenters. The molecule has 1 saturated heterocycles. The number of likely N-dealkylation sites (tertiary alicyclic amines) is 1. The number of amides is 2. The van der Waals surface area contributed by atoms with Crippen molar-refractivity contribution in [3.05, 3.63) is 35.4 Å². The largest absolute Gasteiger partial charge is 0.444 e. The SMILES string of the molecule is CC(C)(C)OC(=O)N1CC(N)CC1C(=O)NC1CCCc2ccccc21. The van der Waals surface area contributed by atoms with Gasteiger partial charge in [-0.2, -0.15) is 0 Å². The zero-order chi connectivity index (χ0) is 18.9. The highest BCUT2D eigenvalue weighted by Gasteiger charge is 2.41. The van der Waals surface area contributed by atoms with Gasteiger partial charge in [-0.25, -0.2) is 4.79 Å². The molecule has 0 saturated carbocycles. The molecule has 0 spiro atoms. The molecule has 3 N–H and O–H groups in total. The minimum absolute atomic E-state index is 0.00948. The number of benzene rings is 1. The Balaban J connectivity index is 1.71. The fourth-order valence-corrected chi connectivity index (χ4v) is 3.81. The highest BCUT2D eigenvalue weighted by molar-refractivity contribution is 5.87. The highest BCUT2D eigenvalue weighted by Crippen LogP contribution is 2.30. The Morgan fingerprint density at radius 1 is 1.27 bits per heavy atom. The Morgan fingerprint density at radius 3 is 2.73 bits per heavy atom. The maximum Gasteiger partial charge on any atom is 0.411 e. The molecule has 3 rings (SSSR count). The minimum Gasteiger partial charge on any atom is -0.444 e. The molecule has 1 aliphatic carbocycles. The number of nitrogens with zero attached hydrogens (tertiary/aromatic N) is 1. The van der Waals surface area contributed by atoms with Crippen LogP contribution in [-0.4, -0.2) is 41.1 Å². The van der Waals surface area contributed by atoms with E-state index < -0.39 is 17.7 Å². The van der Waals surface area contributed by atoms with E-state index in [4.69, 9.17) is 10.5 Å². The van der Waals surface area contributed by atoms with Gasteiger partial charge in [0.1, 0.15) is 11.6 Å². The maximum absolute atomic E-state index is 12.9. The van der Waals surface area contributed by atoms with Crippen LogP contribution < -0.4 is 11.1 Å². The molecular formula is C20H29N3O3. The number of hydrogen-bond acceptors (Lipinski definition) is 4. The molecule has 0 radical (unpaired) electrons. The fourth-order valence-electron chi connectivity index (χ4n) is 3.81. The lowest BCUT2D eigenvalue weighted by Crippen LogP contribution is -2.48. The summed E-state index contributed by atoms with van der Waals surface area (Å²) in [5, 5.41) is 3.14. The molecule has 2 aliphatic rings. The minimum atomic E-state index is -0.604. The Kier molecular flexibility index (Phi) is 5.23. The van der Waals surface area contributed by atoms with Gasteiger partial charge in [0.05, 0.1) is 6.04 Å². The van der Waals surface area contributed by atoms with Crippen molar-refractivity contribution in [2.24, 2.45) is 5.73 Å². The van der Waals surface area contributed by atoms with Crippen LogP contribution in [0.1, 0.15) is 57.2 Å². The van der Waals surface area contributed by atoms with Gasteiger partial charge in [0.2, 0.25) is 5.91 Å². The van der Waals surface area contributed by atoms with Crippen molar-refractivity contribution in [1.82, 2.24) is 10.2 Å². The molecule has 1 aromatic carbocycles. The third-order valence-corrected chi connectivity index (χ3v) is 4.95. The van der Waals surface area contributed by atoms with E-state index in [-0.39, 0.29) is 18.0 Å². The second-order valence-corrected chi connectivity index (χ2v) is 8.30. The first kappa shape index (κ1) is 18.7. The summed E-state index contributed by atoms with van der Waals surface area (Å²) in [6.45, 7) is 5.78. The van der Waals surface area contributed by atoms with E-state index >= 15 is 0 Å². The molecular weight excluding hydrogens is 330 g/mol. The van der Waals surface area contributed by atoms with Crippen LogP contribution in [0, 0.1) is 0 Å². The maximum atomic E-state index is 12.9. The summed E-state index contributed by atoms with van der Waals surface area (Å²) in [6, 6.07) is 7.43. The second-order valence-electron chi connectivity index (χ2n) is 8.30. The van der Waals surface area contributed by atoms with Crippen LogP contribution in [0.4, 0.5) is 4.79 Å². The van der Waals surface area contributed by atoms with Gasteiger partial charge in [-0.15, -0.1) is 0 Å². The molecule has 1 aliphatic heterocycles. The number of carbonyl (C=O) groups excluding carboxylic acids is 2. The van der Waals surface area contributed by atoms with Gasteiger partial charge in [0, 0.05) is 12.6 Å². The molecule has 6 heteroatoms. The predicted octanol–water partition coefficient (Wildman–Crippen LogP) is 2.52. The number of fused-ring (bicyclic) bond motifs is 1. The van der Waals surface area contributed by atoms with E-state index in [2.05, 4.69) is 17.4 Å². The van der Waals surface area contributed by atoms with Gasteiger partial charge in [-0.3, -0.25) is 9.69 Å².